The van der Waals surface area contributed by atoms with Gasteiger partial charge in [-0.15, -0.1) is 4.36 Å². The first-order chi connectivity index (χ1) is 11.1. The highest BCUT2D eigenvalue weighted by Crippen LogP contribution is 2.25. The fourth-order valence-electron chi connectivity index (χ4n) is 1.96. The molecule has 1 unspecified atom stereocenters. The van der Waals surface area contributed by atoms with Crippen LogP contribution < -0.4 is 5.32 Å². The second-order valence-electron chi connectivity index (χ2n) is 6.26. The molecule has 4 nitrogen and oxygen atoms in total. The van der Waals surface area contributed by atoms with Crippen LogP contribution in [0.15, 0.2) is 57.8 Å². The van der Waals surface area contributed by atoms with E-state index in [0.717, 1.165) is 5.56 Å². The number of carbonyl (C=O) groups excluding carboxylic acids is 1. The van der Waals surface area contributed by atoms with Gasteiger partial charge < -0.3 is 5.32 Å². The summed E-state index contributed by atoms with van der Waals surface area (Å²) in [6.07, 6.45) is 0. The van der Waals surface area contributed by atoms with E-state index in [1.165, 1.54) is 0 Å². The third-order valence-electron chi connectivity index (χ3n) is 3.31. The molecule has 0 bridgehead atoms. The molecule has 24 heavy (non-hydrogen) atoms. The fraction of sp³-hybridized carbons (Fsp3) is 0.235. The number of rotatable bonds is 2. The van der Waals surface area contributed by atoms with E-state index in [2.05, 4.69) is 30.5 Å². The van der Waals surface area contributed by atoms with Crippen molar-refractivity contribution in [3.8, 4) is 0 Å². The summed E-state index contributed by atoms with van der Waals surface area (Å²) in [6.45, 7) is 6.22. The van der Waals surface area contributed by atoms with Gasteiger partial charge in [0.15, 0.2) is 8.94 Å². The number of hydrogen-bond donors (Lipinski definition) is 1. The second-order valence-corrected chi connectivity index (χ2v) is 9.52. The molecule has 0 heterocycles. The third-order valence-corrected chi connectivity index (χ3v) is 5.55. The molecule has 7 heteroatoms. The van der Waals surface area contributed by atoms with Crippen molar-refractivity contribution < 1.29 is 9.00 Å². The Balaban J connectivity index is 2.22. The summed E-state index contributed by atoms with van der Waals surface area (Å²) >= 11 is 5.78. The summed E-state index contributed by atoms with van der Waals surface area (Å²) in [7, 11) is 2.65. The Bertz CT molecular complexity index is 848. The summed E-state index contributed by atoms with van der Waals surface area (Å²) in [4.78, 5) is 12.2. The van der Waals surface area contributed by atoms with Crippen LogP contribution in [0.3, 0.4) is 0 Å². The molecule has 0 spiro atoms. The SMILES string of the molecule is CC(C)(C)c1ccc(S(=O)(Cl)=NC(=O)Nc2ccc(Cl)cc2)cc1. The summed E-state index contributed by atoms with van der Waals surface area (Å²) in [6, 6.07) is 12.6. The smallest absolute Gasteiger partial charge is 0.306 e. The number of amides is 2. The largest absolute Gasteiger partial charge is 0.354 e. The van der Waals surface area contributed by atoms with Crippen LogP contribution in [-0.2, 0) is 14.4 Å². The van der Waals surface area contributed by atoms with Gasteiger partial charge in [-0.1, -0.05) is 44.5 Å². The minimum Gasteiger partial charge on any atom is -0.306 e. The van der Waals surface area contributed by atoms with Crippen LogP contribution in [0, 0.1) is 0 Å². The number of benzene rings is 2. The maximum Gasteiger partial charge on any atom is 0.354 e. The van der Waals surface area contributed by atoms with Crippen LogP contribution in [0.5, 0.6) is 0 Å². The zero-order chi connectivity index (χ0) is 18.0. The average Bonchev–Trinajstić information content (AvgIpc) is 2.48. The van der Waals surface area contributed by atoms with Gasteiger partial charge in [0.25, 0.3) is 0 Å². The molecular formula is C17H18Cl2N2O2S. The standard InChI is InChI=1S/C17H18Cl2N2O2S/c1-17(2,3)12-4-10-15(11-5-12)24(19,23)21-16(22)20-14-8-6-13(18)7-9-14/h4-11H,1-3H3,(H,20,22). The van der Waals surface area contributed by atoms with Crippen molar-refractivity contribution in [1.82, 2.24) is 0 Å². The Kier molecular flexibility index (Phi) is 5.58. The molecule has 1 N–H and O–H groups in total. The van der Waals surface area contributed by atoms with Crippen LogP contribution in [0.2, 0.25) is 5.02 Å². The molecule has 0 aromatic heterocycles. The Morgan fingerprint density at radius 2 is 1.58 bits per heavy atom. The highest BCUT2D eigenvalue weighted by atomic mass is 35.7. The molecule has 128 valence electrons. The predicted molar refractivity (Wildman–Crippen MR) is 100 cm³/mol. The van der Waals surface area contributed by atoms with Crippen molar-refractivity contribution in [2.24, 2.45) is 4.36 Å². The zero-order valence-electron chi connectivity index (χ0n) is 13.5. The fourth-order valence-corrected chi connectivity index (χ4v) is 3.42. The quantitative estimate of drug-likeness (QED) is 0.659. The minimum atomic E-state index is -3.34. The normalized spacial score (nSPS) is 13.9. The van der Waals surface area contributed by atoms with E-state index in [-0.39, 0.29) is 5.41 Å². The molecule has 0 aliphatic carbocycles. The van der Waals surface area contributed by atoms with Crippen molar-refractivity contribution in [2.45, 2.75) is 31.1 Å². The number of anilines is 1. The second kappa shape index (κ2) is 7.13. The van der Waals surface area contributed by atoms with Crippen LogP contribution in [0.25, 0.3) is 0 Å². The Morgan fingerprint density at radius 3 is 2.08 bits per heavy atom. The lowest BCUT2D eigenvalue weighted by atomic mass is 9.87. The van der Waals surface area contributed by atoms with E-state index in [1.54, 1.807) is 36.4 Å². The van der Waals surface area contributed by atoms with Gasteiger partial charge in [-0.25, -0.2) is 9.00 Å². The Morgan fingerprint density at radius 1 is 1.04 bits per heavy atom. The van der Waals surface area contributed by atoms with Gasteiger partial charge in [0, 0.05) is 21.4 Å². The molecule has 0 fully saturated rings. The first-order valence-electron chi connectivity index (χ1n) is 7.22. The number of nitrogens with zero attached hydrogens (tertiary/aromatic N) is 1. The van der Waals surface area contributed by atoms with Gasteiger partial charge in [-0.2, -0.15) is 0 Å². The number of hydrogen-bond acceptors (Lipinski definition) is 2. The van der Waals surface area contributed by atoms with Crippen molar-refractivity contribution in [3.63, 3.8) is 0 Å². The lowest BCUT2D eigenvalue weighted by Gasteiger charge is -2.19. The average molecular weight is 385 g/mol. The monoisotopic (exact) mass is 384 g/mol. The van der Waals surface area contributed by atoms with E-state index in [1.807, 2.05) is 12.1 Å². The number of carbonyl (C=O) groups is 1. The molecule has 0 aliphatic heterocycles. The maximum absolute atomic E-state index is 12.5. The Hall–Kier alpha value is -1.56. The summed E-state index contributed by atoms with van der Waals surface area (Å²) in [5.74, 6) is 0. The molecule has 2 aromatic carbocycles. The molecule has 2 aromatic rings. The first kappa shape index (κ1) is 18.8. The van der Waals surface area contributed by atoms with Gasteiger partial charge in [0.05, 0.1) is 4.90 Å². The van der Waals surface area contributed by atoms with Crippen molar-refractivity contribution in [1.29, 1.82) is 0 Å². The number of urea groups is 1. The lowest BCUT2D eigenvalue weighted by Crippen LogP contribution is -2.11. The van der Waals surface area contributed by atoms with E-state index in [0.29, 0.717) is 15.6 Å². The molecule has 2 rings (SSSR count). The minimum absolute atomic E-state index is 0.0329. The van der Waals surface area contributed by atoms with Crippen LogP contribution in [-0.4, -0.2) is 10.2 Å². The molecule has 2 amide bonds. The highest BCUT2D eigenvalue weighted by molar-refractivity contribution is 8.15. The number of nitrogens with one attached hydrogen (secondary N) is 1. The van der Waals surface area contributed by atoms with Gasteiger partial charge in [-0.3, -0.25) is 0 Å². The highest BCUT2D eigenvalue weighted by Gasteiger charge is 2.16. The summed E-state index contributed by atoms with van der Waals surface area (Å²) in [5, 5.41) is 3.05. The molecular weight excluding hydrogens is 367 g/mol. The lowest BCUT2D eigenvalue weighted by molar-refractivity contribution is 0.260. The maximum atomic E-state index is 12.5. The van der Waals surface area contributed by atoms with Gasteiger partial charge >= 0.3 is 6.03 Å². The topological polar surface area (TPSA) is 58.5 Å². The van der Waals surface area contributed by atoms with Crippen molar-refractivity contribution in [3.05, 3.63) is 59.1 Å². The molecule has 1 atom stereocenters. The van der Waals surface area contributed by atoms with Gasteiger partial charge in [0.2, 0.25) is 0 Å². The third kappa shape index (κ3) is 4.97. The molecule has 0 saturated heterocycles. The predicted octanol–water partition coefficient (Wildman–Crippen LogP) is 5.85. The van der Waals surface area contributed by atoms with E-state index in [9.17, 15) is 9.00 Å². The first-order valence-corrected chi connectivity index (χ1v) is 9.94. The van der Waals surface area contributed by atoms with Crippen LogP contribution in [0.4, 0.5) is 10.5 Å². The number of halogens is 2. The van der Waals surface area contributed by atoms with Gasteiger partial charge in [-0.05, 0) is 47.4 Å². The molecule has 0 radical (unpaired) electrons. The van der Waals surface area contributed by atoms with Crippen molar-refractivity contribution in [2.75, 3.05) is 5.32 Å². The Labute approximate surface area is 151 Å². The van der Waals surface area contributed by atoms with Gasteiger partial charge in [0.1, 0.15) is 0 Å². The summed E-state index contributed by atoms with van der Waals surface area (Å²) < 4.78 is 16.1. The van der Waals surface area contributed by atoms with E-state index < -0.39 is 15.0 Å². The molecule has 0 saturated carbocycles. The van der Waals surface area contributed by atoms with Crippen LogP contribution in [0.1, 0.15) is 26.3 Å². The van der Waals surface area contributed by atoms with E-state index >= 15 is 0 Å². The van der Waals surface area contributed by atoms with Crippen LogP contribution >= 0.6 is 22.3 Å². The van der Waals surface area contributed by atoms with Crippen molar-refractivity contribution >= 4 is 42.9 Å². The summed E-state index contributed by atoms with van der Waals surface area (Å²) in [5.41, 5.74) is 1.53. The molecule has 0 aliphatic rings. The van der Waals surface area contributed by atoms with E-state index in [4.69, 9.17) is 22.3 Å². The zero-order valence-corrected chi connectivity index (χ0v) is 15.9.